The van der Waals surface area contributed by atoms with Gasteiger partial charge in [0.15, 0.2) is 12.1 Å². The molecule has 17 nitrogen and oxygen atoms in total. The van der Waals surface area contributed by atoms with Crippen LogP contribution in [0.1, 0.15) is 46.0 Å². The fraction of sp³-hybridized carbons (Fsp3) is 0.636. The van der Waals surface area contributed by atoms with Crippen LogP contribution in [0.3, 0.4) is 0 Å². The summed E-state index contributed by atoms with van der Waals surface area (Å²) in [5, 5.41) is 63.9. The second-order valence-electron chi connectivity index (χ2n) is 12.8. The molecule has 0 aromatic carbocycles. The Morgan fingerprint density at radius 1 is 0.907 bits per heavy atom. The van der Waals surface area contributed by atoms with Crippen LogP contribution in [0, 0.1) is 5.92 Å². The number of nitrogens with two attached hydrogens (primary N) is 1. The molecule has 21 heteroatoms. The number of cyclic esters (lactones) is 1. The summed E-state index contributed by atoms with van der Waals surface area (Å²) < 4.78 is 28.5. The summed E-state index contributed by atoms with van der Waals surface area (Å²) in [7, 11) is -3.37. The van der Waals surface area contributed by atoms with Crippen molar-refractivity contribution in [3.05, 3.63) is 60.8 Å². The Kier molecular flexibility index (Phi) is 29.4. The zero-order valence-corrected chi connectivity index (χ0v) is 41.4. The number of allylic oxidation sites excluding steroid dienone is 6. The molecule has 4 rings (SSSR count). The van der Waals surface area contributed by atoms with E-state index >= 15 is 0 Å². The maximum atomic E-state index is 12.3. The number of hydrogen-bond acceptors (Lipinski definition) is 16. The molecule has 0 radical (unpaired) electrons. The van der Waals surface area contributed by atoms with Crippen LogP contribution in [0.4, 0.5) is 0 Å². The molecule has 2 bridgehead atoms. The van der Waals surface area contributed by atoms with E-state index in [1.807, 2.05) is 6.08 Å². The SMILES string of the molecule is C[C@@H]1C/C=C/C=C/C=C/C=C/[C@H](O[C@@H]2O[C@H](C)[C@@H](O)[C@H](N)[C@@H]2O)C[C@@H]2O[C@](O)(C[C@@H](O)C[C@H]3O[C@@H]3/C=C/C(=O)O1)C[C@H](O)[C@H]2C(=O)O.[K+].[K+].[K+].[O-]P([O-])[O-]. The standard InChI is InChI=1S/C33H47NO13.3K.O3P/c1-18-10-8-6-4-3-5-7-9-11-21(45-32-30(39)28(34)29(38)19(2)44-32)15-25-27(31(40)41)22(36)17-33(42,47-25)16-20(35)14-24-23(46-24)12-13-26(37)43-18;;;;1-4(2)3/h3-9,11-13,18-25,27-30,32,35-36,38-39,42H,10,14-17,34H2,1-2H3,(H,40,41);;;;/q;3*+1;-3/b4-3+,7-5+,8-6+,11-9+,13-12+;;;;/t18-,19-,20+,21+,22+,23-,24-,25+,27-,28+,29-,30+,32+,33-;;;;/m1..../s1. The number of hydrogen-bond donors (Lipinski definition) is 7. The topological polar surface area (TPSA) is 300 Å². The number of epoxide rings is 1. The molecule has 14 atom stereocenters. The van der Waals surface area contributed by atoms with Crippen LogP contribution in [0.15, 0.2) is 60.8 Å². The van der Waals surface area contributed by atoms with Crippen molar-refractivity contribution in [2.75, 3.05) is 0 Å². The molecule has 0 spiro atoms. The minimum absolute atomic E-state index is 0. The Labute approximate surface area is 443 Å². The number of aliphatic hydroxyl groups excluding tert-OH is 4. The number of carboxylic acid groups (broad SMARTS) is 1. The van der Waals surface area contributed by atoms with Crippen LogP contribution >= 0.6 is 8.60 Å². The van der Waals surface area contributed by atoms with Crippen molar-refractivity contribution >= 4 is 20.5 Å². The Morgan fingerprint density at radius 2 is 1.52 bits per heavy atom. The van der Waals surface area contributed by atoms with Crippen molar-refractivity contribution in [3.63, 3.8) is 0 Å². The Hall–Kier alpha value is 2.46. The monoisotopic (exact) mass is 861 g/mol. The molecule has 4 heterocycles. The zero-order chi connectivity index (χ0) is 37.9. The third kappa shape index (κ3) is 19.9. The van der Waals surface area contributed by atoms with E-state index in [0.29, 0.717) is 6.42 Å². The zero-order valence-electron chi connectivity index (χ0n) is 31.1. The van der Waals surface area contributed by atoms with Gasteiger partial charge >= 0.3 is 166 Å². The van der Waals surface area contributed by atoms with Gasteiger partial charge in [0, 0.05) is 38.2 Å². The van der Waals surface area contributed by atoms with E-state index in [9.17, 15) is 40.2 Å². The molecule has 0 aliphatic carbocycles. The number of carbonyl (C=O) groups excluding carboxylic acids is 1. The van der Waals surface area contributed by atoms with E-state index in [1.54, 1.807) is 56.4 Å². The first kappa shape index (κ1) is 56.5. The minimum atomic E-state index is -3.37. The number of ether oxygens (including phenoxy) is 5. The predicted molar refractivity (Wildman–Crippen MR) is 172 cm³/mol. The molecule has 8 N–H and O–H groups in total. The molecule has 54 heavy (non-hydrogen) atoms. The molecule has 4 aliphatic heterocycles. The number of fused-ring (bicyclic) bond motifs is 3. The van der Waals surface area contributed by atoms with Gasteiger partial charge in [0.2, 0.25) is 0 Å². The number of rotatable bonds is 3. The second-order valence-corrected chi connectivity index (χ2v) is 13.2. The summed E-state index contributed by atoms with van der Waals surface area (Å²) in [6, 6.07) is -1.08. The van der Waals surface area contributed by atoms with Gasteiger partial charge in [-0.05, 0) is 19.9 Å². The van der Waals surface area contributed by atoms with Crippen molar-refractivity contribution in [2.24, 2.45) is 11.7 Å². The van der Waals surface area contributed by atoms with Crippen molar-refractivity contribution < 1.29 is 233 Å². The first-order valence-electron chi connectivity index (χ1n) is 16.4. The minimum Gasteiger partial charge on any atom is -0.854 e. The van der Waals surface area contributed by atoms with Gasteiger partial charge in [-0.2, -0.15) is 0 Å². The van der Waals surface area contributed by atoms with Gasteiger partial charge in [0.05, 0.1) is 48.8 Å². The fourth-order valence-corrected chi connectivity index (χ4v) is 6.00. The number of aliphatic hydroxyl groups is 5. The fourth-order valence-electron chi connectivity index (χ4n) is 6.00. The molecule has 0 unspecified atom stereocenters. The van der Waals surface area contributed by atoms with Gasteiger partial charge in [-0.1, -0.05) is 48.6 Å². The van der Waals surface area contributed by atoms with Crippen molar-refractivity contribution in [2.45, 2.75) is 125 Å². The van der Waals surface area contributed by atoms with Crippen LogP contribution in [-0.2, 0) is 33.3 Å². The number of carboxylic acids is 1. The van der Waals surface area contributed by atoms with Crippen LogP contribution in [0.5, 0.6) is 0 Å². The van der Waals surface area contributed by atoms with Crippen molar-refractivity contribution in [1.82, 2.24) is 0 Å². The maximum absolute atomic E-state index is 12.3. The van der Waals surface area contributed by atoms with E-state index in [4.69, 9.17) is 44.1 Å². The summed E-state index contributed by atoms with van der Waals surface area (Å²) in [5.74, 6) is -5.45. The van der Waals surface area contributed by atoms with Crippen molar-refractivity contribution in [3.8, 4) is 0 Å². The third-order valence-electron chi connectivity index (χ3n) is 8.58. The summed E-state index contributed by atoms with van der Waals surface area (Å²) >= 11 is 0. The van der Waals surface area contributed by atoms with Crippen molar-refractivity contribution in [1.29, 1.82) is 0 Å². The number of esters is 1. The molecule has 0 saturated carbocycles. The van der Waals surface area contributed by atoms with E-state index in [0.717, 1.165) is 0 Å². The number of carbonyl (C=O) groups is 2. The molecule has 4 aliphatic rings. The van der Waals surface area contributed by atoms with E-state index in [1.165, 1.54) is 12.2 Å². The Bertz CT molecular complexity index is 1290. The third-order valence-corrected chi connectivity index (χ3v) is 8.58. The van der Waals surface area contributed by atoms with E-state index < -0.39 is 106 Å². The average Bonchev–Trinajstić information content (AvgIpc) is 3.76. The summed E-state index contributed by atoms with van der Waals surface area (Å²) in [6.45, 7) is 3.34. The quantitative estimate of drug-likeness (QED) is 0.0600. The van der Waals surface area contributed by atoms with Crippen LogP contribution in [0.25, 0.3) is 0 Å². The molecule has 3 saturated heterocycles. The van der Waals surface area contributed by atoms with Crippen LogP contribution < -0.4 is 175 Å². The first-order valence-corrected chi connectivity index (χ1v) is 17.5. The normalized spacial score (nSPS) is 41.8. The average molecular weight is 862 g/mol. The van der Waals surface area contributed by atoms with Crippen LogP contribution in [0.2, 0.25) is 0 Å². The molecule has 288 valence electrons. The predicted octanol–water partition coefficient (Wildman–Crippen LogP) is -11.6. The second kappa shape index (κ2) is 28.1. The molecule has 0 aromatic heterocycles. The summed E-state index contributed by atoms with van der Waals surface area (Å²) in [6.07, 6.45) is 5.25. The number of aliphatic carboxylic acids is 1. The smallest absolute Gasteiger partial charge is 0.854 e. The molecule has 0 amide bonds. The van der Waals surface area contributed by atoms with Gasteiger partial charge < -0.3 is 83.3 Å². The maximum Gasteiger partial charge on any atom is 1.00 e. The van der Waals surface area contributed by atoms with Gasteiger partial charge in [0.1, 0.15) is 24.2 Å². The summed E-state index contributed by atoms with van der Waals surface area (Å²) in [4.78, 5) is 49.9. The molecular formula is C33H47K3NO16P. The molecule has 0 aromatic rings. The largest absolute Gasteiger partial charge is 1.00 e. The first-order chi connectivity index (χ1) is 24.0. The summed E-state index contributed by atoms with van der Waals surface area (Å²) in [5.41, 5.74) is 5.98. The Morgan fingerprint density at radius 3 is 2.15 bits per heavy atom. The Balaban J connectivity index is 0.00000382. The van der Waals surface area contributed by atoms with E-state index in [-0.39, 0.29) is 180 Å². The molecular weight excluding hydrogens is 815 g/mol. The van der Waals surface area contributed by atoms with Gasteiger partial charge in [-0.3, -0.25) is 4.79 Å². The van der Waals surface area contributed by atoms with E-state index in [2.05, 4.69) is 0 Å². The van der Waals surface area contributed by atoms with Gasteiger partial charge in [-0.15, -0.1) is 0 Å². The van der Waals surface area contributed by atoms with Gasteiger partial charge in [0.25, 0.3) is 0 Å². The molecule has 3 fully saturated rings. The van der Waals surface area contributed by atoms with Gasteiger partial charge in [-0.25, -0.2) is 4.79 Å². The van der Waals surface area contributed by atoms with Crippen LogP contribution in [-0.4, -0.2) is 122 Å².